The van der Waals surface area contributed by atoms with E-state index in [9.17, 15) is 27.9 Å². The molecule has 45 heavy (non-hydrogen) atoms. The largest absolute Gasteiger partial charge is 0.433 e. The molecular weight excluding hydrogens is 587 g/mol. The summed E-state index contributed by atoms with van der Waals surface area (Å²) >= 11 is 0. The zero-order valence-electron chi connectivity index (χ0n) is 25.0. The van der Waals surface area contributed by atoms with Crippen molar-refractivity contribution >= 4 is 34.1 Å². The summed E-state index contributed by atoms with van der Waals surface area (Å²) in [4.78, 5) is 33.7. The first-order chi connectivity index (χ1) is 21.6. The summed E-state index contributed by atoms with van der Waals surface area (Å²) < 4.78 is 41.7. The zero-order valence-corrected chi connectivity index (χ0v) is 25.0. The van der Waals surface area contributed by atoms with Gasteiger partial charge in [0.15, 0.2) is 0 Å². The van der Waals surface area contributed by atoms with Crippen molar-refractivity contribution in [2.45, 2.75) is 63.3 Å². The third-order valence-electron chi connectivity index (χ3n) is 10.2. The first-order valence-electron chi connectivity index (χ1n) is 15.9. The van der Waals surface area contributed by atoms with Gasteiger partial charge in [0.25, 0.3) is 5.91 Å². The number of β-amino-alcohol motifs (C(OH)–C–C–N with tert-alkyl or cyclic N) is 1. The molecule has 3 aliphatic heterocycles. The molecule has 3 saturated heterocycles. The fraction of sp³-hybridized carbons (Fsp3) is 0.562. The Labute approximate surface area is 259 Å². The lowest BCUT2D eigenvalue weighted by molar-refractivity contribution is -0.141. The molecule has 240 valence electrons. The molecular formula is C32H38F3N7O3. The quantitative estimate of drug-likeness (QED) is 0.389. The van der Waals surface area contributed by atoms with E-state index in [-0.39, 0.29) is 23.1 Å². The van der Waals surface area contributed by atoms with Gasteiger partial charge in [-0.15, -0.1) is 0 Å². The van der Waals surface area contributed by atoms with Crippen molar-refractivity contribution in [3.8, 4) is 0 Å². The van der Waals surface area contributed by atoms with Gasteiger partial charge in [-0.2, -0.15) is 18.3 Å². The number of nitrogens with zero attached hydrogens (tertiary/aromatic N) is 5. The molecule has 2 aromatic heterocycles. The lowest BCUT2D eigenvalue weighted by Crippen LogP contribution is -2.51. The fourth-order valence-electron chi connectivity index (χ4n) is 7.56. The topological polar surface area (TPSA) is 116 Å². The second kappa shape index (κ2) is 11.6. The van der Waals surface area contributed by atoms with Crippen LogP contribution in [-0.2, 0) is 11.0 Å². The molecule has 1 saturated carbocycles. The Balaban J connectivity index is 1.07. The van der Waals surface area contributed by atoms with Crippen molar-refractivity contribution in [1.82, 2.24) is 25.0 Å². The summed E-state index contributed by atoms with van der Waals surface area (Å²) in [5.74, 6) is -0.288. The van der Waals surface area contributed by atoms with Crippen molar-refractivity contribution in [2.75, 3.05) is 49.5 Å². The highest BCUT2D eigenvalue weighted by Crippen LogP contribution is 2.55. The second-order valence-electron chi connectivity index (χ2n) is 13.2. The number of anilines is 2. The molecule has 0 radical (unpaired) electrons. The molecule has 10 nitrogen and oxygen atoms in total. The summed E-state index contributed by atoms with van der Waals surface area (Å²) in [5.41, 5.74) is 0.576. The van der Waals surface area contributed by atoms with E-state index < -0.39 is 23.9 Å². The lowest BCUT2D eigenvalue weighted by Gasteiger charge is -2.52. The number of nitrogens with one attached hydrogen (secondary N) is 2. The van der Waals surface area contributed by atoms with E-state index >= 15 is 0 Å². The predicted molar refractivity (Wildman–Crippen MR) is 162 cm³/mol. The minimum Gasteiger partial charge on any atom is -0.391 e. The van der Waals surface area contributed by atoms with Crippen molar-refractivity contribution in [3.05, 3.63) is 47.9 Å². The number of aliphatic hydroxyl groups excluding tert-OH is 1. The van der Waals surface area contributed by atoms with Gasteiger partial charge in [0.1, 0.15) is 11.4 Å². The molecule has 3 aromatic rings. The highest BCUT2D eigenvalue weighted by molar-refractivity contribution is 6.06. The van der Waals surface area contributed by atoms with Crippen LogP contribution in [0.2, 0.25) is 0 Å². The van der Waals surface area contributed by atoms with Crippen LogP contribution >= 0.6 is 0 Å². The van der Waals surface area contributed by atoms with Crippen LogP contribution in [0.3, 0.4) is 0 Å². The van der Waals surface area contributed by atoms with Crippen LogP contribution in [0.4, 0.5) is 24.5 Å². The first-order valence-corrected chi connectivity index (χ1v) is 15.9. The summed E-state index contributed by atoms with van der Waals surface area (Å²) in [5, 5.41) is 22.0. The van der Waals surface area contributed by atoms with Crippen molar-refractivity contribution in [1.29, 1.82) is 0 Å². The van der Waals surface area contributed by atoms with E-state index in [1.807, 2.05) is 21.8 Å². The first kappa shape index (κ1) is 30.0. The minimum absolute atomic E-state index is 0.149. The zero-order chi connectivity index (χ0) is 31.3. The van der Waals surface area contributed by atoms with Gasteiger partial charge in [0, 0.05) is 43.7 Å². The number of carbonyl (C=O) groups excluding carboxylic acids is 2. The Morgan fingerprint density at radius 3 is 2.49 bits per heavy atom. The van der Waals surface area contributed by atoms with Gasteiger partial charge in [-0.05, 0) is 87.7 Å². The number of alkyl halides is 3. The van der Waals surface area contributed by atoms with Gasteiger partial charge in [-0.1, -0.05) is 6.07 Å². The normalized spacial score (nSPS) is 22.6. The van der Waals surface area contributed by atoms with E-state index in [0.29, 0.717) is 36.8 Å². The van der Waals surface area contributed by atoms with Gasteiger partial charge in [0.05, 0.1) is 29.0 Å². The highest BCUT2D eigenvalue weighted by Gasteiger charge is 2.48. The molecule has 1 aromatic carbocycles. The molecule has 1 spiro atoms. The van der Waals surface area contributed by atoms with Gasteiger partial charge in [0.2, 0.25) is 5.91 Å². The number of aliphatic hydroxyl groups is 1. The van der Waals surface area contributed by atoms with E-state index in [4.69, 9.17) is 5.10 Å². The maximum atomic E-state index is 13.2. The van der Waals surface area contributed by atoms with Gasteiger partial charge in [-0.3, -0.25) is 14.3 Å². The maximum absolute atomic E-state index is 13.2. The Hall–Kier alpha value is -3.71. The average Bonchev–Trinajstić information content (AvgIpc) is 3.64. The van der Waals surface area contributed by atoms with Gasteiger partial charge < -0.3 is 25.5 Å². The van der Waals surface area contributed by atoms with Crippen LogP contribution in [0.15, 0.2) is 36.5 Å². The molecule has 2 amide bonds. The molecule has 1 aliphatic carbocycles. The number of rotatable bonds is 5. The molecule has 3 N–H and O–H groups in total. The molecule has 4 aliphatic rings. The Morgan fingerprint density at radius 1 is 1.04 bits per heavy atom. The van der Waals surface area contributed by atoms with Crippen molar-refractivity contribution < 1.29 is 27.9 Å². The Kier molecular flexibility index (Phi) is 7.71. The van der Waals surface area contributed by atoms with Crippen LogP contribution in [0.25, 0.3) is 10.9 Å². The number of amides is 2. The number of fused-ring (bicyclic) bond motifs is 1. The summed E-state index contributed by atoms with van der Waals surface area (Å²) in [6, 6.07) is 7.14. The lowest BCUT2D eigenvalue weighted by atomic mass is 9.60. The minimum atomic E-state index is -4.66. The van der Waals surface area contributed by atoms with Crippen molar-refractivity contribution in [2.24, 2.45) is 11.3 Å². The number of halogens is 3. The molecule has 0 bridgehead atoms. The van der Waals surface area contributed by atoms with Crippen LogP contribution in [0.5, 0.6) is 0 Å². The SMILES string of the molecule is O=C(Nc1cc2cn(C3CC4(CCN(C(=O)C5CCNCC5)CC4)C3)nc2cc1N1CC[C@@H](O)C1)c1cccc(C(F)(F)F)n1. The third-order valence-corrected chi connectivity index (χ3v) is 10.2. The number of benzene rings is 1. The number of carbonyl (C=O) groups is 2. The van der Waals surface area contributed by atoms with Crippen molar-refractivity contribution in [3.63, 3.8) is 0 Å². The van der Waals surface area contributed by atoms with E-state index in [1.54, 1.807) is 6.07 Å². The Morgan fingerprint density at radius 2 is 1.80 bits per heavy atom. The maximum Gasteiger partial charge on any atom is 0.433 e. The molecule has 0 unspecified atom stereocenters. The number of aromatic nitrogens is 3. The van der Waals surface area contributed by atoms with Crippen LogP contribution in [0.1, 0.15) is 67.2 Å². The monoisotopic (exact) mass is 625 g/mol. The molecule has 1 atom stereocenters. The fourth-order valence-corrected chi connectivity index (χ4v) is 7.56. The summed E-state index contributed by atoms with van der Waals surface area (Å²) in [6.45, 7) is 4.39. The predicted octanol–water partition coefficient (Wildman–Crippen LogP) is 4.22. The van der Waals surface area contributed by atoms with E-state index in [1.165, 1.54) is 6.07 Å². The van der Waals surface area contributed by atoms with Gasteiger partial charge >= 0.3 is 6.18 Å². The number of piperidine rings is 2. The molecule has 5 heterocycles. The van der Waals surface area contributed by atoms with Gasteiger partial charge in [-0.25, -0.2) is 4.98 Å². The number of pyridine rings is 1. The third kappa shape index (κ3) is 5.99. The summed E-state index contributed by atoms with van der Waals surface area (Å²) in [6.07, 6.45) is 3.18. The average molecular weight is 626 g/mol. The number of hydrogen-bond donors (Lipinski definition) is 3. The number of hydrogen-bond acceptors (Lipinski definition) is 7. The van der Waals surface area contributed by atoms with Crippen LogP contribution in [0, 0.1) is 11.3 Å². The van der Waals surface area contributed by atoms with E-state index in [2.05, 4.69) is 20.5 Å². The standard InChI is InChI=1S/C32H38F3N7O3/c33-32(34,35)28-3-1-2-24(37-28)29(44)38-26-14-21-18-42(39-25(21)15-27(26)41-11-6-23(43)19-41)22-16-31(17-22)7-12-40(13-8-31)30(45)20-4-9-36-10-5-20/h1-3,14-15,18,20,22-23,36,43H,4-13,16-17,19H2,(H,38,44)/t23-/m1/s1. The second-order valence-corrected chi connectivity index (χ2v) is 13.2. The molecule has 13 heteroatoms. The smallest absolute Gasteiger partial charge is 0.391 e. The number of likely N-dealkylation sites (tertiary alicyclic amines) is 1. The highest BCUT2D eigenvalue weighted by atomic mass is 19.4. The van der Waals surface area contributed by atoms with Crippen LogP contribution < -0.4 is 15.5 Å². The van der Waals surface area contributed by atoms with E-state index in [0.717, 1.165) is 87.7 Å². The molecule has 4 fully saturated rings. The Bertz CT molecular complexity index is 1590. The van der Waals surface area contributed by atoms with Crippen LogP contribution in [-0.4, -0.2) is 82.0 Å². The summed E-state index contributed by atoms with van der Waals surface area (Å²) in [7, 11) is 0. The molecule has 7 rings (SSSR count).